The minimum Gasteiger partial charge on any atom is -0.280 e. The summed E-state index contributed by atoms with van der Waals surface area (Å²) in [6.07, 6.45) is 0. The number of hydrogen-bond donors (Lipinski definition) is 1. The molecule has 140 valence electrons. The number of rotatable bonds is 4. The van der Waals surface area contributed by atoms with Crippen LogP contribution in [0.25, 0.3) is 0 Å². The number of nitrogens with zero attached hydrogens (tertiary/aromatic N) is 1. The topological polar surface area (TPSA) is 83.6 Å². The third-order valence-electron chi connectivity index (χ3n) is 4.28. The highest BCUT2D eigenvalue weighted by Crippen LogP contribution is 2.30. The predicted molar refractivity (Wildman–Crippen MR) is 114 cm³/mol. The van der Waals surface area contributed by atoms with E-state index in [9.17, 15) is 18.0 Å². The number of carbonyl (C=O) groups is 2. The van der Waals surface area contributed by atoms with Gasteiger partial charge in [0.05, 0.1) is 21.7 Å². The second kappa shape index (κ2) is 7.02. The number of hydrogen-bond acceptors (Lipinski definition) is 4. The smallest absolute Gasteiger partial charge is 0.266 e. The van der Waals surface area contributed by atoms with Crippen LogP contribution in [0, 0.1) is 3.57 Å². The third kappa shape index (κ3) is 3.29. The Morgan fingerprint density at radius 3 is 2.00 bits per heavy atom. The summed E-state index contributed by atoms with van der Waals surface area (Å²) in [6.45, 7) is 0. The van der Waals surface area contributed by atoms with E-state index in [1.807, 2.05) is 0 Å². The lowest BCUT2D eigenvalue weighted by molar-refractivity contribution is 0.0926. The standard InChI is InChI=1S/C20H13IN2O4S/c21-13-8-10-14(11-9-13)22-28(26,27)16-5-3-4-15(12-16)23-19(24)17-6-1-2-7-18(17)20(23)25/h1-12,22H. The van der Waals surface area contributed by atoms with Crippen molar-refractivity contribution in [2.24, 2.45) is 0 Å². The molecule has 28 heavy (non-hydrogen) atoms. The fraction of sp³-hybridized carbons (Fsp3) is 0. The predicted octanol–water partition coefficient (Wildman–Crippen LogP) is 3.89. The van der Waals surface area contributed by atoms with Crippen molar-refractivity contribution in [2.45, 2.75) is 4.90 Å². The summed E-state index contributed by atoms with van der Waals surface area (Å²) in [5, 5.41) is 0. The van der Waals surface area contributed by atoms with Crippen LogP contribution in [-0.4, -0.2) is 20.2 Å². The molecule has 1 aliphatic rings. The van der Waals surface area contributed by atoms with E-state index in [0.717, 1.165) is 8.47 Å². The summed E-state index contributed by atoms with van der Waals surface area (Å²) in [6, 6.07) is 19.2. The van der Waals surface area contributed by atoms with E-state index in [0.29, 0.717) is 16.8 Å². The minimum absolute atomic E-state index is 0.0416. The zero-order valence-electron chi connectivity index (χ0n) is 14.3. The molecule has 2 amide bonds. The van der Waals surface area contributed by atoms with E-state index >= 15 is 0 Å². The number of imide groups is 1. The van der Waals surface area contributed by atoms with Crippen LogP contribution in [0.5, 0.6) is 0 Å². The zero-order chi connectivity index (χ0) is 19.9. The fourth-order valence-corrected chi connectivity index (χ4v) is 4.40. The van der Waals surface area contributed by atoms with E-state index in [-0.39, 0.29) is 10.6 Å². The molecular formula is C20H13IN2O4S. The molecule has 8 heteroatoms. The molecule has 0 fully saturated rings. The molecule has 1 heterocycles. The van der Waals surface area contributed by atoms with Gasteiger partial charge in [0.25, 0.3) is 21.8 Å². The Morgan fingerprint density at radius 1 is 0.786 bits per heavy atom. The molecule has 0 aliphatic carbocycles. The maximum Gasteiger partial charge on any atom is 0.266 e. The summed E-state index contributed by atoms with van der Waals surface area (Å²) < 4.78 is 28.9. The van der Waals surface area contributed by atoms with Crippen LogP contribution in [0.2, 0.25) is 0 Å². The number of halogens is 1. The molecule has 0 saturated heterocycles. The van der Waals surface area contributed by atoms with Crippen molar-refractivity contribution in [2.75, 3.05) is 9.62 Å². The molecule has 0 spiro atoms. The number of carbonyl (C=O) groups excluding carboxylic acids is 2. The van der Waals surface area contributed by atoms with E-state index in [4.69, 9.17) is 0 Å². The van der Waals surface area contributed by atoms with E-state index in [2.05, 4.69) is 27.3 Å². The Hall–Kier alpha value is -2.72. The lowest BCUT2D eigenvalue weighted by Crippen LogP contribution is -2.29. The van der Waals surface area contributed by atoms with E-state index < -0.39 is 21.8 Å². The number of sulfonamides is 1. The van der Waals surface area contributed by atoms with Crippen molar-refractivity contribution in [1.82, 2.24) is 0 Å². The van der Waals surface area contributed by atoms with Gasteiger partial charge < -0.3 is 0 Å². The van der Waals surface area contributed by atoms with Gasteiger partial charge in [0.1, 0.15) is 0 Å². The van der Waals surface area contributed by atoms with Crippen LogP contribution >= 0.6 is 22.6 Å². The highest BCUT2D eigenvalue weighted by Gasteiger charge is 2.36. The molecule has 1 aliphatic heterocycles. The van der Waals surface area contributed by atoms with Crippen molar-refractivity contribution >= 4 is 55.8 Å². The monoisotopic (exact) mass is 504 g/mol. The summed E-state index contributed by atoms with van der Waals surface area (Å²) in [5.41, 5.74) is 1.23. The third-order valence-corrected chi connectivity index (χ3v) is 6.37. The molecule has 3 aromatic rings. The quantitative estimate of drug-likeness (QED) is 0.432. The van der Waals surface area contributed by atoms with Gasteiger partial charge in [-0.25, -0.2) is 13.3 Å². The molecular weight excluding hydrogens is 491 g/mol. The summed E-state index contributed by atoms with van der Waals surface area (Å²) >= 11 is 2.13. The zero-order valence-corrected chi connectivity index (χ0v) is 17.3. The van der Waals surface area contributed by atoms with Gasteiger partial charge in [0, 0.05) is 9.26 Å². The van der Waals surface area contributed by atoms with Gasteiger partial charge in [-0.3, -0.25) is 14.3 Å². The van der Waals surface area contributed by atoms with Crippen LogP contribution in [0.15, 0.2) is 77.7 Å². The van der Waals surface area contributed by atoms with Crippen LogP contribution in [0.3, 0.4) is 0 Å². The molecule has 1 N–H and O–H groups in total. The lowest BCUT2D eigenvalue weighted by atomic mass is 10.1. The van der Waals surface area contributed by atoms with Crippen LogP contribution in [0.1, 0.15) is 20.7 Å². The molecule has 6 nitrogen and oxygen atoms in total. The molecule has 0 saturated carbocycles. The molecule has 0 bridgehead atoms. The summed E-state index contributed by atoms with van der Waals surface area (Å²) in [5.74, 6) is -0.943. The maximum absolute atomic E-state index is 12.7. The van der Waals surface area contributed by atoms with Gasteiger partial charge in [0.2, 0.25) is 0 Å². The summed E-state index contributed by atoms with van der Waals surface area (Å²) in [4.78, 5) is 26.2. The second-order valence-electron chi connectivity index (χ2n) is 6.10. The number of fused-ring (bicyclic) bond motifs is 1. The Kier molecular flexibility index (Phi) is 4.68. The first kappa shape index (κ1) is 18.6. The molecule has 0 aromatic heterocycles. The van der Waals surface area contributed by atoms with Gasteiger partial charge in [-0.15, -0.1) is 0 Å². The molecule has 0 atom stereocenters. The molecule has 0 radical (unpaired) electrons. The highest BCUT2D eigenvalue weighted by atomic mass is 127. The van der Waals surface area contributed by atoms with Crippen molar-refractivity contribution in [3.63, 3.8) is 0 Å². The van der Waals surface area contributed by atoms with Crippen molar-refractivity contribution in [3.05, 3.63) is 87.5 Å². The first-order chi connectivity index (χ1) is 13.4. The first-order valence-electron chi connectivity index (χ1n) is 8.23. The number of anilines is 2. The van der Waals surface area contributed by atoms with Crippen LogP contribution in [-0.2, 0) is 10.0 Å². The van der Waals surface area contributed by atoms with Crippen LogP contribution < -0.4 is 9.62 Å². The van der Waals surface area contributed by atoms with Crippen LogP contribution in [0.4, 0.5) is 11.4 Å². The van der Waals surface area contributed by atoms with Gasteiger partial charge in [-0.05, 0) is 77.2 Å². The second-order valence-corrected chi connectivity index (χ2v) is 9.03. The molecule has 0 unspecified atom stereocenters. The Bertz CT molecular complexity index is 1170. The van der Waals surface area contributed by atoms with E-state index in [1.54, 1.807) is 48.5 Å². The van der Waals surface area contributed by atoms with Crippen molar-refractivity contribution in [1.29, 1.82) is 0 Å². The normalized spacial score (nSPS) is 13.5. The Balaban J connectivity index is 1.68. The van der Waals surface area contributed by atoms with Crippen molar-refractivity contribution < 1.29 is 18.0 Å². The van der Waals surface area contributed by atoms with Gasteiger partial charge in [-0.1, -0.05) is 18.2 Å². The minimum atomic E-state index is -3.88. The SMILES string of the molecule is O=C1c2ccccc2C(=O)N1c1cccc(S(=O)(=O)Nc2ccc(I)cc2)c1. The molecule has 3 aromatic carbocycles. The largest absolute Gasteiger partial charge is 0.280 e. The van der Waals surface area contributed by atoms with Gasteiger partial charge in [0.15, 0.2) is 0 Å². The number of benzene rings is 3. The maximum atomic E-state index is 12.7. The Labute approximate surface area is 175 Å². The average molecular weight is 504 g/mol. The van der Waals surface area contributed by atoms with Gasteiger partial charge >= 0.3 is 0 Å². The average Bonchev–Trinajstić information content (AvgIpc) is 2.94. The van der Waals surface area contributed by atoms with Gasteiger partial charge in [-0.2, -0.15) is 0 Å². The lowest BCUT2D eigenvalue weighted by Gasteiger charge is -2.15. The Morgan fingerprint density at radius 2 is 1.39 bits per heavy atom. The summed E-state index contributed by atoms with van der Waals surface area (Å²) in [7, 11) is -3.88. The fourth-order valence-electron chi connectivity index (χ4n) is 2.95. The van der Waals surface area contributed by atoms with Crippen molar-refractivity contribution in [3.8, 4) is 0 Å². The number of nitrogens with one attached hydrogen (secondary N) is 1. The van der Waals surface area contributed by atoms with E-state index in [1.165, 1.54) is 24.3 Å². The molecule has 4 rings (SSSR count). The number of amides is 2. The highest BCUT2D eigenvalue weighted by molar-refractivity contribution is 14.1. The first-order valence-corrected chi connectivity index (χ1v) is 10.8.